The fourth-order valence-electron chi connectivity index (χ4n) is 1.11. The highest BCUT2D eigenvalue weighted by Gasteiger charge is 2.22. The van der Waals surface area contributed by atoms with Gasteiger partial charge in [-0.3, -0.25) is 0 Å². The molecule has 0 bridgehead atoms. The van der Waals surface area contributed by atoms with Crippen molar-refractivity contribution in [3.05, 3.63) is 0 Å². The lowest BCUT2D eigenvalue weighted by molar-refractivity contribution is 0.189. The summed E-state index contributed by atoms with van der Waals surface area (Å²) in [6.07, 6.45) is -0.876. The average Bonchev–Trinajstić information content (AvgIpc) is 2.08. The Morgan fingerprint density at radius 2 is 1.37 bits per heavy atom. The van der Waals surface area contributed by atoms with Crippen LogP contribution in [0.5, 0.6) is 0 Å². The number of hydrogen-bond donors (Lipinski definition) is 2. The lowest BCUT2D eigenvalue weighted by Gasteiger charge is -2.22. The van der Waals surface area contributed by atoms with Crippen molar-refractivity contribution in [3.8, 4) is 0 Å². The maximum absolute atomic E-state index is 11.5. The summed E-state index contributed by atoms with van der Waals surface area (Å²) in [5, 5.41) is 5.29. The Morgan fingerprint density at radius 1 is 0.947 bits per heavy atom. The molecule has 0 aromatic heterocycles. The van der Waals surface area contributed by atoms with E-state index in [1.807, 2.05) is 39.3 Å². The fourth-order valence-corrected chi connectivity index (χ4v) is 2.35. The molecule has 112 valence electrons. The van der Waals surface area contributed by atoms with Crippen molar-refractivity contribution >= 4 is 28.8 Å². The van der Waals surface area contributed by atoms with Gasteiger partial charge in [0.2, 0.25) is 16.6 Å². The van der Waals surface area contributed by atoms with Gasteiger partial charge in [-0.25, -0.2) is 9.59 Å². The summed E-state index contributed by atoms with van der Waals surface area (Å²) < 4.78 is 10.5. The molecule has 0 aliphatic rings. The van der Waals surface area contributed by atoms with Crippen LogP contribution in [0, 0.1) is 0 Å². The van der Waals surface area contributed by atoms with E-state index in [0.29, 0.717) is 6.54 Å². The summed E-state index contributed by atoms with van der Waals surface area (Å²) >= 11 is 0. The molecular weight excluding hydrogens is 280 g/mol. The zero-order chi connectivity index (χ0) is 15.3. The summed E-state index contributed by atoms with van der Waals surface area (Å²) in [6, 6.07) is -0.210. The van der Waals surface area contributed by atoms with Crippen LogP contribution in [0.15, 0.2) is 0 Å². The minimum absolute atomic E-state index is 0.210. The molecule has 0 aromatic carbocycles. The number of rotatable bonds is 5. The van der Waals surface area contributed by atoms with E-state index in [4.69, 9.17) is 8.85 Å². The average molecular weight is 307 g/mol. The van der Waals surface area contributed by atoms with Gasteiger partial charge < -0.3 is 19.5 Å². The van der Waals surface area contributed by atoms with Crippen LogP contribution >= 0.6 is 0 Å². The molecule has 0 aliphatic heterocycles. The molecule has 2 N–H and O–H groups in total. The van der Waals surface area contributed by atoms with Gasteiger partial charge in [0.25, 0.3) is 0 Å². The predicted molar refractivity (Wildman–Crippen MR) is 80.3 cm³/mol. The second kappa shape index (κ2) is 6.94. The molecule has 2 amide bonds. The van der Waals surface area contributed by atoms with Crippen molar-refractivity contribution in [1.82, 2.24) is 10.6 Å². The lowest BCUT2D eigenvalue weighted by Crippen LogP contribution is -2.46. The quantitative estimate of drug-likeness (QED) is 0.765. The van der Waals surface area contributed by atoms with Gasteiger partial charge in [-0.15, -0.1) is 0 Å². The molecule has 19 heavy (non-hydrogen) atoms. The highest BCUT2D eigenvalue weighted by Crippen LogP contribution is 2.03. The fraction of sp³-hybridized carbons (Fsp3) is 0.818. The van der Waals surface area contributed by atoms with Crippen molar-refractivity contribution in [2.45, 2.75) is 52.2 Å². The largest absolute Gasteiger partial charge is 0.504 e. The molecule has 0 rings (SSSR count). The van der Waals surface area contributed by atoms with E-state index in [-0.39, 0.29) is 6.04 Å². The van der Waals surface area contributed by atoms with Gasteiger partial charge in [0.15, 0.2) is 0 Å². The van der Waals surface area contributed by atoms with E-state index in [0.717, 1.165) is 0 Å². The molecule has 0 heterocycles. The summed E-state index contributed by atoms with van der Waals surface area (Å²) in [5.74, 6) is 0. The van der Waals surface area contributed by atoms with Gasteiger partial charge in [-0.1, -0.05) is 0 Å². The molecule has 0 aliphatic carbocycles. The zero-order valence-corrected chi connectivity index (χ0v) is 14.9. The molecule has 1 atom stereocenters. The second-order valence-electron chi connectivity index (χ2n) is 6.43. The lowest BCUT2D eigenvalue weighted by atomic mass is 10.3. The summed E-state index contributed by atoms with van der Waals surface area (Å²) in [7, 11) is -3.76. The molecule has 1 unspecified atom stereocenters. The Labute approximate surface area is 117 Å². The Balaban J connectivity index is 3.96. The molecule has 8 heteroatoms. The van der Waals surface area contributed by atoms with Crippen molar-refractivity contribution in [1.29, 1.82) is 0 Å². The molecule has 0 saturated carbocycles. The van der Waals surface area contributed by atoms with E-state index in [2.05, 4.69) is 10.6 Å². The minimum atomic E-state index is -1.88. The molecular formula is C11H26N2O4Si2. The van der Waals surface area contributed by atoms with E-state index in [1.165, 1.54) is 0 Å². The minimum Gasteiger partial charge on any atom is -0.504 e. The predicted octanol–water partition coefficient (Wildman–Crippen LogP) is 2.50. The monoisotopic (exact) mass is 306 g/mol. The Kier molecular flexibility index (Phi) is 6.57. The first kappa shape index (κ1) is 18.0. The SMILES string of the molecule is CC(CNC(=O)O[Si](C)(C)C)NC(=O)O[Si](C)(C)C. The molecule has 6 nitrogen and oxygen atoms in total. The van der Waals surface area contributed by atoms with Crippen LogP contribution in [-0.4, -0.2) is 41.4 Å². The number of hydrogen-bond acceptors (Lipinski definition) is 4. The molecule has 0 radical (unpaired) electrons. The standard InChI is InChI=1S/C11H26N2O4Si2/c1-9(13-11(15)17-19(5,6)7)8-12-10(14)16-18(2,3)4/h9H,8H2,1-7H3,(H,12,14)(H,13,15). The second-order valence-corrected chi connectivity index (χ2v) is 15.3. The van der Waals surface area contributed by atoms with Crippen LogP contribution in [0.25, 0.3) is 0 Å². The first-order chi connectivity index (χ1) is 8.39. The molecule has 0 spiro atoms. The zero-order valence-electron chi connectivity index (χ0n) is 12.9. The van der Waals surface area contributed by atoms with Crippen LogP contribution in [0.1, 0.15) is 6.92 Å². The van der Waals surface area contributed by atoms with Crippen molar-refractivity contribution in [3.63, 3.8) is 0 Å². The van der Waals surface area contributed by atoms with E-state index in [1.54, 1.807) is 6.92 Å². The third-order valence-corrected chi connectivity index (χ3v) is 3.31. The van der Waals surface area contributed by atoms with Gasteiger partial charge in [0, 0.05) is 12.6 Å². The number of carbonyl (C=O) groups is 2. The molecule has 0 saturated heterocycles. The van der Waals surface area contributed by atoms with Gasteiger partial charge in [0.05, 0.1) is 0 Å². The Bertz CT molecular complexity index is 324. The highest BCUT2D eigenvalue weighted by molar-refractivity contribution is 6.71. The van der Waals surface area contributed by atoms with Crippen LogP contribution in [0.2, 0.25) is 39.3 Å². The Morgan fingerprint density at radius 3 is 1.79 bits per heavy atom. The Hall–Kier alpha value is -1.03. The summed E-state index contributed by atoms with van der Waals surface area (Å²) in [5.41, 5.74) is 0. The maximum atomic E-state index is 11.5. The normalized spacial score (nSPS) is 13.4. The third-order valence-electron chi connectivity index (χ3n) is 1.71. The van der Waals surface area contributed by atoms with E-state index in [9.17, 15) is 9.59 Å². The van der Waals surface area contributed by atoms with Crippen molar-refractivity contribution in [2.75, 3.05) is 6.54 Å². The molecule has 0 aromatic rings. The number of carbonyl (C=O) groups excluding carboxylic acids is 2. The highest BCUT2D eigenvalue weighted by atomic mass is 28.4. The number of amides is 2. The van der Waals surface area contributed by atoms with Crippen molar-refractivity contribution in [2.24, 2.45) is 0 Å². The maximum Gasteiger partial charge on any atom is 0.393 e. The summed E-state index contributed by atoms with van der Waals surface area (Å²) in [4.78, 5) is 22.9. The first-order valence-corrected chi connectivity index (χ1v) is 13.2. The topological polar surface area (TPSA) is 76.7 Å². The van der Waals surface area contributed by atoms with Gasteiger partial charge in [-0.2, -0.15) is 0 Å². The van der Waals surface area contributed by atoms with Gasteiger partial charge in [-0.05, 0) is 46.2 Å². The van der Waals surface area contributed by atoms with Gasteiger partial charge in [0.1, 0.15) is 0 Å². The van der Waals surface area contributed by atoms with Crippen LogP contribution in [0.3, 0.4) is 0 Å². The summed E-state index contributed by atoms with van der Waals surface area (Å²) in [6.45, 7) is 13.7. The smallest absolute Gasteiger partial charge is 0.393 e. The van der Waals surface area contributed by atoms with Gasteiger partial charge >= 0.3 is 12.2 Å². The van der Waals surface area contributed by atoms with E-state index >= 15 is 0 Å². The first-order valence-electron chi connectivity index (χ1n) is 6.35. The molecule has 0 fully saturated rings. The van der Waals surface area contributed by atoms with Crippen LogP contribution in [0.4, 0.5) is 9.59 Å². The van der Waals surface area contributed by atoms with Crippen LogP contribution in [-0.2, 0) is 8.85 Å². The number of nitrogens with one attached hydrogen (secondary N) is 2. The third kappa shape index (κ3) is 11.8. The van der Waals surface area contributed by atoms with Crippen molar-refractivity contribution < 1.29 is 18.4 Å². The van der Waals surface area contributed by atoms with Crippen LogP contribution < -0.4 is 10.6 Å². The van der Waals surface area contributed by atoms with E-state index < -0.39 is 28.8 Å².